The molecule has 0 fully saturated rings. The second-order valence-electron chi connectivity index (χ2n) is 17.6. The Morgan fingerprint density at radius 1 is 0.402 bits per heavy atom. The van der Waals surface area contributed by atoms with E-state index >= 15 is 0 Å². The van der Waals surface area contributed by atoms with E-state index in [9.17, 15) is 0 Å². The monoisotopic (exact) mass is 1230 g/mol. The Bertz CT molecular complexity index is 2560. The standard InChI is InChI=1S/C23H21N5.C23H20N5.5C3H8O.CH4.2O.3V/c2*1-2-8-17(9-3-1)14-28(15-22-24-18-10-4-5-11-19(18)25-22)16-23-26-20-12-6-7-13-21(20)27-23;5*1-2-3-4;;;;;;/h1-13H,14-16H2,(H,24,25)(H,26,27);1-13H,14-16H2,(H-,24,25,26,27);5*4H,2-3H2,1H3;1H4;;;;;/q;-1;;;;;;;;;;;+2. The molecule has 10 aromatic rings. The van der Waals surface area contributed by atoms with E-state index < -0.39 is 0 Å². The number of hydrogen-bond donors (Lipinski definition) is 8. The first-order valence-corrected chi connectivity index (χ1v) is 28.0. The SMILES string of the molecule is C.CCCO.CCCO.CCCO.CCCO.CCCO.[O]=[V+2].[O]=[V].[V].c1ccc(CN(Cc2nc3ccccc3[n-]2)Cc2nc3ccccc3[nH]2)cc1.c1ccc(CN(Cc2nc3ccccc3[nH]2)Cc2nc3ccccc3[nH]2)cc1. The molecule has 10 rings (SSSR count). The molecule has 4 aromatic heterocycles. The fourth-order valence-electron chi connectivity index (χ4n) is 7.12. The summed E-state index contributed by atoms with van der Waals surface area (Å²) < 4.78 is 16.4. The van der Waals surface area contributed by atoms with Crippen LogP contribution in [0, 0.1) is 0 Å². The van der Waals surface area contributed by atoms with Gasteiger partial charge in [0.1, 0.15) is 17.5 Å². The van der Waals surface area contributed by atoms with E-state index in [0.29, 0.717) is 46.1 Å². The molecule has 0 atom stereocenters. The van der Waals surface area contributed by atoms with Gasteiger partial charge in [-0.1, -0.05) is 169 Å². The summed E-state index contributed by atoms with van der Waals surface area (Å²) in [4.78, 5) is 38.6. The number of H-pyrrole nitrogens is 3. The molecule has 0 amide bonds. The number of aliphatic hydroxyl groups is 5. The van der Waals surface area contributed by atoms with E-state index in [0.717, 1.165) is 160 Å². The van der Waals surface area contributed by atoms with Crippen molar-refractivity contribution in [1.29, 1.82) is 0 Å². The fraction of sp³-hybridized carbons (Fsp3) is 0.355. The van der Waals surface area contributed by atoms with Gasteiger partial charge in [0, 0.05) is 71.2 Å². The van der Waals surface area contributed by atoms with Crippen LogP contribution in [0.3, 0.4) is 0 Å². The Balaban J connectivity index is 0.00000114. The zero-order valence-electron chi connectivity index (χ0n) is 47.3. The molecule has 4 heterocycles. The van der Waals surface area contributed by atoms with Crippen LogP contribution in [-0.2, 0) is 99.9 Å². The zero-order valence-corrected chi connectivity index (χ0v) is 51.5. The van der Waals surface area contributed by atoms with E-state index in [4.69, 9.17) is 57.8 Å². The van der Waals surface area contributed by atoms with Crippen LogP contribution in [0.25, 0.3) is 44.1 Å². The number of fused-ring (bicyclic) bond motifs is 4. The van der Waals surface area contributed by atoms with Crippen molar-refractivity contribution in [3.05, 3.63) is 192 Å². The minimum absolute atomic E-state index is 0. The molecule has 0 aliphatic rings. The third-order valence-electron chi connectivity index (χ3n) is 10.8. The summed E-state index contributed by atoms with van der Waals surface area (Å²) in [7, 11) is 0. The second-order valence-corrected chi connectivity index (χ2v) is 17.6. The maximum absolute atomic E-state index is 8.19. The summed E-state index contributed by atoms with van der Waals surface area (Å²) in [5.41, 5.74) is 10.6. The topological polar surface area (TPSA) is 255 Å². The van der Waals surface area contributed by atoms with Crippen molar-refractivity contribution < 1.29 is 86.2 Å². The Morgan fingerprint density at radius 2 is 0.671 bits per heavy atom. The van der Waals surface area contributed by atoms with Crippen LogP contribution in [-0.4, -0.2) is 103 Å². The Hall–Kier alpha value is -5.73. The first kappa shape index (κ1) is 76.3. The number of aliphatic hydroxyl groups excluding tert-OH is 5. The van der Waals surface area contributed by atoms with Gasteiger partial charge in [-0.15, -0.1) is 0 Å². The van der Waals surface area contributed by atoms with Crippen molar-refractivity contribution >= 4 is 44.1 Å². The van der Waals surface area contributed by atoms with E-state index in [2.05, 4.69) is 91.5 Å². The van der Waals surface area contributed by atoms with Gasteiger partial charge in [-0.25, -0.2) is 15.0 Å². The summed E-state index contributed by atoms with van der Waals surface area (Å²) in [5.74, 6) is 3.72. The Morgan fingerprint density at radius 3 is 0.963 bits per heavy atom. The van der Waals surface area contributed by atoms with Crippen LogP contribution in [0.1, 0.15) is 109 Å². The third kappa shape index (κ3) is 30.0. The van der Waals surface area contributed by atoms with Crippen molar-refractivity contribution in [3.63, 3.8) is 0 Å². The van der Waals surface area contributed by atoms with Crippen LogP contribution in [0.2, 0.25) is 0 Å². The maximum Gasteiger partial charge on any atom is 0.121 e. The van der Waals surface area contributed by atoms with Crippen molar-refractivity contribution in [2.75, 3.05) is 33.0 Å². The largest absolute Gasteiger partial charge is 0.438 e. The molecule has 0 saturated carbocycles. The second kappa shape index (κ2) is 48.8. The minimum atomic E-state index is 0. The van der Waals surface area contributed by atoms with Gasteiger partial charge >= 0.3 is 42.1 Å². The molecule has 0 spiro atoms. The summed E-state index contributed by atoms with van der Waals surface area (Å²) in [6.45, 7) is 15.7. The molecule has 20 heteroatoms. The van der Waals surface area contributed by atoms with E-state index in [-0.39, 0.29) is 26.0 Å². The van der Waals surface area contributed by atoms with Gasteiger partial charge in [0.15, 0.2) is 0 Å². The quantitative estimate of drug-likeness (QED) is 0.0422. The molecule has 0 saturated heterocycles. The number of rotatable bonds is 17. The van der Waals surface area contributed by atoms with Gasteiger partial charge in [0.2, 0.25) is 0 Å². The van der Waals surface area contributed by atoms with Gasteiger partial charge in [-0.3, -0.25) is 9.80 Å². The van der Waals surface area contributed by atoms with Crippen molar-refractivity contribution in [2.24, 2.45) is 0 Å². The summed E-state index contributed by atoms with van der Waals surface area (Å²) in [6, 6.07) is 53.4. The van der Waals surface area contributed by atoms with Gasteiger partial charge < -0.3 is 50.5 Å². The predicted octanol–water partition coefficient (Wildman–Crippen LogP) is 11.2. The molecule has 439 valence electrons. The number of aromatic nitrogens is 8. The Labute approximate surface area is 515 Å². The fourth-order valence-corrected chi connectivity index (χ4v) is 7.12. The first-order valence-electron chi connectivity index (χ1n) is 26.9. The molecule has 82 heavy (non-hydrogen) atoms. The molecule has 8 N–H and O–H groups in total. The van der Waals surface area contributed by atoms with E-state index in [1.165, 1.54) is 11.1 Å². The maximum atomic E-state index is 8.19. The summed E-state index contributed by atoms with van der Waals surface area (Å²) in [6.07, 6.45) is 4.38. The number of para-hydroxylation sites is 8. The smallest absolute Gasteiger partial charge is 0.121 e. The summed E-state index contributed by atoms with van der Waals surface area (Å²) >= 11 is 2.12. The first-order chi connectivity index (χ1) is 39.2. The van der Waals surface area contributed by atoms with E-state index in [1.54, 1.807) is 0 Å². The predicted molar refractivity (Wildman–Crippen MR) is 317 cm³/mol. The van der Waals surface area contributed by atoms with Crippen molar-refractivity contribution in [3.8, 4) is 0 Å². The normalized spacial score (nSPS) is 9.87. The number of nitrogens with one attached hydrogen (secondary N) is 3. The molecular weight excluding hydrogens is 1150 g/mol. The van der Waals surface area contributed by atoms with Crippen LogP contribution in [0.5, 0.6) is 0 Å². The van der Waals surface area contributed by atoms with Gasteiger partial charge in [0.05, 0.1) is 52.7 Å². The van der Waals surface area contributed by atoms with Crippen LogP contribution in [0.15, 0.2) is 158 Å². The third-order valence-corrected chi connectivity index (χ3v) is 10.8. The molecule has 0 aliphatic heterocycles. The molecule has 0 bridgehead atoms. The van der Waals surface area contributed by atoms with Crippen molar-refractivity contribution in [1.82, 2.24) is 49.7 Å². The van der Waals surface area contributed by atoms with Crippen molar-refractivity contribution in [2.45, 2.75) is 113 Å². The molecular formula is C62H85N10O7V3+. The summed E-state index contributed by atoms with van der Waals surface area (Å²) in [5, 5.41) is 39.4. The number of benzene rings is 6. The van der Waals surface area contributed by atoms with Crippen LogP contribution < -0.4 is 4.98 Å². The molecule has 0 aliphatic carbocycles. The number of nitrogens with zero attached hydrogens (tertiary/aromatic N) is 7. The zero-order chi connectivity index (χ0) is 58.6. The van der Waals surface area contributed by atoms with Gasteiger partial charge in [-0.2, -0.15) is 0 Å². The molecule has 0 unspecified atom stereocenters. The van der Waals surface area contributed by atoms with Gasteiger partial charge in [-0.05, 0) is 90.7 Å². The average molecular weight is 1240 g/mol. The van der Waals surface area contributed by atoms with Gasteiger partial charge in [0.25, 0.3) is 0 Å². The number of hydrogen-bond acceptors (Lipinski definition) is 13. The van der Waals surface area contributed by atoms with Crippen LogP contribution in [0.4, 0.5) is 0 Å². The minimum Gasteiger partial charge on any atom is -0.438 e. The average Bonchev–Trinajstić information content (AvgIpc) is 4.34. The van der Waals surface area contributed by atoms with E-state index in [1.807, 2.05) is 126 Å². The van der Waals surface area contributed by atoms with Crippen LogP contribution >= 0.6 is 0 Å². The molecule has 1 radical (unpaired) electrons. The number of aromatic amines is 3. The Kier molecular flexibility index (Phi) is 45.4. The molecule has 17 nitrogen and oxygen atoms in total. The number of imidazole rings is 4. The molecule has 6 aromatic carbocycles.